The van der Waals surface area contributed by atoms with E-state index in [-0.39, 0.29) is 17.3 Å². The molecule has 0 saturated heterocycles. The molecule has 0 fully saturated rings. The van der Waals surface area contributed by atoms with Gasteiger partial charge in [0.1, 0.15) is 22.2 Å². The van der Waals surface area contributed by atoms with Crippen LogP contribution in [0.4, 0.5) is 5.88 Å². The number of nitrogens with zero attached hydrogens (tertiary/aromatic N) is 1. The summed E-state index contributed by atoms with van der Waals surface area (Å²) in [5.74, 6) is -0.758. The molecule has 0 atom stereocenters. The fourth-order valence-corrected chi connectivity index (χ4v) is 3.40. The fourth-order valence-electron chi connectivity index (χ4n) is 2.32. The summed E-state index contributed by atoms with van der Waals surface area (Å²) in [7, 11) is 1.29. The third-order valence-corrected chi connectivity index (χ3v) is 4.65. The summed E-state index contributed by atoms with van der Waals surface area (Å²) < 4.78 is 11.4. The van der Waals surface area contributed by atoms with E-state index in [0.717, 1.165) is 10.2 Å². The Morgan fingerprint density at radius 1 is 1.38 bits per heavy atom. The van der Waals surface area contributed by atoms with Crippen molar-refractivity contribution in [1.82, 2.24) is 4.98 Å². The summed E-state index contributed by atoms with van der Waals surface area (Å²) in [5.41, 5.74) is 1.43. The number of amides is 1. The minimum absolute atomic E-state index is 0.137. The molecule has 3 aromatic rings. The van der Waals surface area contributed by atoms with E-state index in [1.165, 1.54) is 18.4 Å². The van der Waals surface area contributed by atoms with Crippen molar-refractivity contribution in [2.75, 3.05) is 18.3 Å². The molecule has 0 unspecified atom stereocenters. The van der Waals surface area contributed by atoms with Gasteiger partial charge in [-0.2, -0.15) is 0 Å². The van der Waals surface area contributed by atoms with E-state index in [0.29, 0.717) is 16.3 Å². The lowest BCUT2D eigenvalue weighted by Crippen LogP contribution is -2.13. The van der Waals surface area contributed by atoms with Crippen molar-refractivity contribution in [3.05, 3.63) is 35.6 Å². The first-order valence-electron chi connectivity index (χ1n) is 6.98. The molecule has 8 heteroatoms. The Hall–Kier alpha value is -2.38. The number of rotatable bonds is 4. The number of benzene rings is 1. The summed E-state index contributed by atoms with van der Waals surface area (Å²) in [6, 6.07) is 7.58. The van der Waals surface area contributed by atoms with Gasteiger partial charge in [-0.15, -0.1) is 22.9 Å². The molecule has 0 aliphatic heterocycles. The largest absolute Gasteiger partial charge is 0.465 e. The number of alkyl halides is 1. The van der Waals surface area contributed by atoms with Gasteiger partial charge < -0.3 is 9.15 Å². The first-order chi connectivity index (χ1) is 11.5. The van der Waals surface area contributed by atoms with E-state index in [2.05, 4.69) is 10.3 Å². The Morgan fingerprint density at radius 3 is 2.79 bits per heavy atom. The highest BCUT2D eigenvalue weighted by atomic mass is 35.5. The maximum atomic E-state index is 12.2. The molecule has 2 heterocycles. The molecule has 0 aliphatic carbocycles. The highest BCUT2D eigenvalue weighted by Crippen LogP contribution is 2.40. The predicted octanol–water partition coefficient (Wildman–Crippen LogP) is 3.83. The van der Waals surface area contributed by atoms with Crippen LogP contribution in [0.5, 0.6) is 0 Å². The first kappa shape index (κ1) is 16.5. The van der Waals surface area contributed by atoms with Gasteiger partial charge in [0.15, 0.2) is 0 Å². The van der Waals surface area contributed by atoms with Crippen molar-refractivity contribution >= 4 is 50.9 Å². The van der Waals surface area contributed by atoms with Crippen LogP contribution in [0.2, 0.25) is 0 Å². The smallest absolute Gasteiger partial charge is 0.342 e. The molecule has 1 amide bonds. The second-order valence-electron chi connectivity index (χ2n) is 4.90. The molecule has 1 aromatic carbocycles. The van der Waals surface area contributed by atoms with Crippen LogP contribution in [0.15, 0.2) is 28.7 Å². The van der Waals surface area contributed by atoms with Crippen LogP contribution in [0.1, 0.15) is 16.1 Å². The molecule has 124 valence electrons. The van der Waals surface area contributed by atoms with Crippen LogP contribution < -0.4 is 5.32 Å². The van der Waals surface area contributed by atoms with E-state index >= 15 is 0 Å². The number of hydrogen-bond donors (Lipinski definition) is 1. The lowest BCUT2D eigenvalue weighted by molar-refractivity contribution is -0.114. The van der Waals surface area contributed by atoms with Crippen molar-refractivity contribution in [1.29, 1.82) is 0 Å². The SMILES string of the molecule is COC(=O)c1c(C)oc(NC(=O)CCl)c1-c1nc2ccccc2s1. The number of furan rings is 1. The zero-order chi connectivity index (χ0) is 17.3. The number of para-hydroxylation sites is 1. The Balaban J connectivity index is 2.22. The highest BCUT2D eigenvalue weighted by molar-refractivity contribution is 7.21. The molecule has 1 N–H and O–H groups in total. The summed E-state index contributed by atoms with van der Waals surface area (Å²) in [4.78, 5) is 28.4. The van der Waals surface area contributed by atoms with Crippen LogP contribution in [0.3, 0.4) is 0 Å². The van der Waals surface area contributed by atoms with Gasteiger partial charge in [-0.1, -0.05) is 12.1 Å². The van der Waals surface area contributed by atoms with Gasteiger partial charge >= 0.3 is 5.97 Å². The normalized spacial score (nSPS) is 10.8. The van der Waals surface area contributed by atoms with Crippen LogP contribution in [0.25, 0.3) is 20.8 Å². The van der Waals surface area contributed by atoms with Gasteiger partial charge in [0.05, 0.1) is 22.9 Å². The van der Waals surface area contributed by atoms with Gasteiger partial charge in [-0.05, 0) is 19.1 Å². The Bertz CT molecular complexity index is 898. The van der Waals surface area contributed by atoms with Gasteiger partial charge in [-0.3, -0.25) is 10.1 Å². The summed E-state index contributed by atoms with van der Waals surface area (Å²) in [6.45, 7) is 1.62. The Kier molecular flexibility index (Phi) is 4.55. The molecule has 0 spiro atoms. The summed E-state index contributed by atoms with van der Waals surface area (Å²) in [6.07, 6.45) is 0. The second kappa shape index (κ2) is 6.62. The van der Waals surface area contributed by atoms with E-state index in [1.807, 2.05) is 24.3 Å². The fraction of sp³-hybridized carbons (Fsp3) is 0.188. The number of esters is 1. The van der Waals surface area contributed by atoms with Crippen molar-refractivity contribution in [2.24, 2.45) is 0 Å². The van der Waals surface area contributed by atoms with Gasteiger partial charge in [0.25, 0.3) is 0 Å². The van der Waals surface area contributed by atoms with Gasteiger partial charge in [0.2, 0.25) is 11.8 Å². The van der Waals surface area contributed by atoms with Crippen molar-refractivity contribution in [3.8, 4) is 10.6 Å². The minimum atomic E-state index is -0.558. The first-order valence-corrected chi connectivity index (χ1v) is 8.33. The number of aryl methyl sites for hydroxylation is 1. The second-order valence-corrected chi connectivity index (χ2v) is 6.20. The lowest BCUT2D eigenvalue weighted by Gasteiger charge is -2.03. The Labute approximate surface area is 146 Å². The molecular formula is C16H13ClN2O4S. The number of thiazole rings is 1. The number of ether oxygens (including phenoxy) is 1. The van der Waals surface area contributed by atoms with Gasteiger partial charge in [-0.25, -0.2) is 9.78 Å². The zero-order valence-corrected chi connectivity index (χ0v) is 14.5. The minimum Gasteiger partial charge on any atom is -0.465 e. The van der Waals surface area contributed by atoms with Crippen LogP contribution in [-0.4, -0.2) is 29.9 Å². The molecule has 0 radical (unpaired) electrons. The van der Waals surface area contributed by atoms with Crippen molar-refractivity contribution in [3.63, 3.8) is 0 Å². The number of aromatic nitrogens is 1. The molecule has 0 bridgehead atoms. The number of anilines is 1. The summed E-state index contributed by atoms with van der Waals surface area (Å²) >= 11 is 6.93. The van der Waals surface area contributed by atoms with E-state index in [4.69, 9.17) is 20.8 Å². The topological polar surface area (TPSA) is 81.4 Å². The number of carbonyl (C=O) groups is 2. The number of methoxy groups -OCH3 is 1. The maximum Gasteiger partial charge on any atom is 0.342 e. The Morgan fingerprint density at radius 2 is 2.12 bits per heavy atom. The number of carbonyl (C=O) groups excluding carboxylic acids is 2. The van der Waals surface area contributed by atoms with Crippen LogP contribution in [0, 0.1) is 6.92 Å². The predicted molar refractivity (Wildman–Crippen MR) is 92.7 cm³/mol. The standard InChI is InChI=1S/C16H13ClN2O4S/c1-8-12(16(21)22-2)13(14(23-8)19-11(20)7-17)15-18-9-5-3-4-6-10(9)24-15/h3-6H,7H2,1-2H3,(H,19,20). The summed E-state index contributed by atoms with van der Waals surface area (Å²) in [5, 5.41) is 3.12. The molecule has 0 aliphatic rings. The molecule has 0 saturated carbocycles. The average molecular weight is 365 g/mol. The van der Waals surface area contributed by atoms with Crippen molar-refractivity contribution in [2.45, 2.75) is 6.92 Å². The molecular weight excluding hydrogens is 352 g/mol. The van der Waals surface area contributed by atoms with Crippen molar-refractivity contribution < 1.29 is 18.7 Å². The number of fused-ring (bicyclic) bond motifs is 1. The molecule has 6 nitrogen and oxygen atoms in total. The zero-order valence-electron chi connectivity index (χ0n) is 12.9. The third kappa shape index (κ3) is 2.88. The molecule has 3 rings (SSSR count). The quantitative estimate of drug-likeness (QED) is 0.562. The third-order valence-electron chi connectivity index (χ3n) is 3.36. The number of hydrogen-bond acceptors (Lipinski definition) is 6. The molecule has 24 heavy (non-hydrogen) atoms. The highest BCUT2D eigenvalue weighted by Gasteiger charge is 2.28. The van der Waals surface area contributed by atoms with Gasteiger partial charge in [0, 0.05) is 0 Å². The van der Waals surface area contributed by atoms with E-state index in [9.17, 15) is 9.59 Å². The van der Waals surface area contributed by atoms with E-state index < -0.39 is 11.9 Å². The number of nitrogens with one attached hydrogen (secondary N) is 1. The lowest BCUT2D eigenvalue weighted by atomic mass is 10.1. The molecule has 2 aromatic heterocycles. The average Bonchev–Trinajstić information content (AvgIpc) is 3.14. The van der Waals surface area contributed by atoms with Crippen LogP contribution in [-0.2, 0) is 9.53 Å². The number of halogens is 1. The monoisotopic (exact) mass is 364 g/mol. The van der Waals surface area contributed by atoms with E-state index in [1.54, 1.807) is 6.92 Å². The maximum absolute atomic E-state index is 12.2. The van der Waals surface area contributed by atoms with Crippen LogP contribution >= 0.6 is 22.9 Å².